The second-order valence-electron chi connectivity index (χ2n) is 4.78. The molecule has 0 radical (unpaired) electrons. The number of benzene rings is 2. The molecule has 2 aromatic carbocycles. The Hall–Kier alpha value is -2.69. The number of anilines is 1. The van der Waals surface area contributed by atoms with Crippen LogP contribution in [-0.2, 0) is 6.54 Å². The van der Waals surface area contributed by atoms with E-state index in [0.29, 0.717) is 17.1 Å². The molecule has 0 saturated heterocycles. The lowest BCUT2D eigenvalue weighted by molar-refractivity contribution is 0.415. The average molecular weight is 283 g/mol. The van der Waals surface area contributed by atoms with Crippen molar-refractivity contribution < 1.29 is 9.84 Å². The number of methoxy groups -OCH3 is 1. The molecule has 0 bridgehead atoms. The standard InChI is InChI=1S/C16H17N3O2/c1-3-19-14-8-7-10(21-2)9-13(14)18-16(19)11-5-4-6-12(17)15(11)20/h4-9,20H,3,17H2,1-2H3. The first kappa shape index (κ1) is 13.3. The number of nitrogen functional groups attached to an aromatic ring is 1. The Morgan fingerprint density at radius 3 is 2.81 bits per heavy atom. The second kappa shape index (κ2) is 5.01. The van der Waals surface area contributed by atoms with Crippen LogP contribution in [0.5, 0.6) is 11.5 Å². The Morgan fingerprint density at radius 1 is 1.29 bits per heavy atom. The van der Waals surface area contributed by atoms with E-state index in [2.05, 4.69) is 4.98 Å². The van der Waals surface area contributed by atoms with Gasteiger partial charge in [0.1, 0.15) is 17.3 Å². The number of phenolic OH excluding ortho intramolecular Hbond substituents is 1. The molecule has 0 aliphatic rings. The lowest BCUT2D eigenvalue weighted by Gasteiger charge is -2.09. The van der Waals surface area contributed by atoms with Gasteiger partial charge in [-0.3, -0.25) is 0 Å². The molecule has 5 heteroatoms. The van der Waals surface area contributed by atoms with Crippen LogP contribution in [0.4, 0.5) is 5.69 Å². The van der Waals surface area contributed by atoms with Crippen LogP contribution < -0.4 is 10.5 Å². The molecule has 3 rings (SSSR count). The van der Waals surface area contributed by atoms with Crippen molar-refractivity contribution in [2.45, 2.75) is 13.5 Å². The minimum atomic E-state index is 0.0643. The van der Waals surface area contributed by atoms with Gasteiger partial charge in [0.2, 0.25) is 0 Å². The van der Waals surface area contributed by atoms with Gasteiger partial charge in [0, 0.05) is 12.6 Å². The first-order valence-corrected chi connectivity index (χ1v) is 6.77. The van der Waals surface area contributed by atoms with Crippen molar-refractivity contribution in [3.8, 4) is 22.9 Å². The molecule has 1 heterocycles. The summed E-state index contributed by atoms with van der Waals surface area (Å²) in [7, 11) is 1.63. The van der Waals surface area contributed by atoms with Crippen molar-refractivity contribution in [2.75, 3.05) is 12.8 Å². The third-order valence-electron chi connectivity index (χ3n) is 3.58. The Morgan fingerprint density at radius 2 is 2.10 bits per heavy atom. The molecule has 0 aliphatic heterocycles. The predicted octanol–water partition coefficient (Wildman–Crippen LogP) is 3.02. The topological polar surface area (TPSA) is 73.3 Å². The fourth-order valence-electron chi connectivity index (χ4n) is 2.50. The summed E-state index contributed by atoms with van der Waals surface area (Å²) >= 11 is 0. The fraction of sp³-hybridized carbons (Fsp3) is 0.188. The van der Waals surface area contributed by atoms with Gasteiger partial charge in [0.05, 0.1) is 29.4 Å². The fourth-order valence-corrected chi connectivity index (χ4v) is 2.50. The number of hydrogen-bond donors (Lipinski definition) is 2. The Labute approximate surface area is 122 Å². The first-order valence-electron chi connectivity index (χ1n) is 6.77. The summed E-state index contributed by atoms with van der Waals surface area (Å²) in [5.74, 6) is 1.52. The van der Waals surface area contributed by atoms with Crippen LogP contribution in [0.2, 0.25) is 0 Å². The molecule has 1 aromatic heterocycles. The van der Waals surface area contributed by atoms with E-state index >= 15 is 0 Å². The van der Waals surface area contributed by atoms with Crippen LogP contribution in [0.1, 0.15) is 6.92 Å². The van der Waals surface area contributed by atoms with Gasteiger partial charge in [-0.25, -0.2) is 4.98 Å². The van der Waals surface area contributed by atoms with Crippen molar-refractivity contribution in [2.24, 2.45) is 0 Å². The molecule has 5 nitrogen and oxygen atoms in total. The minimum Gasteiger partial charge on any atom is -0.505 e. The molecule has 0 unspecified atom stereocenters. The van der Waals surface area contributed by atoms with E-state index in [9.17, 15) is 5.11 Å². The maximum Gasteiger partial charge on any atom is 0.149 e. The van der Waals surface area contributed by atoms with E-state index in [1.165, 1.54) is 0 Å². The lowest BCUT2D eigenvalue weighted by Crippen LogP contribution is -1.98. The number of aromatic nitrogens is 2. The van der Waals surface area contributed by atoms with Gasteiger partial charge in [-0.15, -0.1) is 0 Å². The quantitative estimate of drug-likeness (QED) is 0.572. The molecule has 0 amide bonds. The summed E-state index contributed by atoms with van der Waals surface area (Å²) < 4.78 is 7.28. The van der Waals surface area contributed by atoms with Crippen LogP contribution in [0.15, 0.2) is 36.4 Å². The molecule has 0 spiro atoms. The normalized spacial score (nSPS) is 11.0. The van der Waals surface area contributed by atoms with Crippen LogP contribution >= 0.6 is 0 Å². The highest BCUT2D eigenvalue weighted by Crippen LogP contribution is 2.35. The van der Waals surface area contributed by atoms with E-state index < -0.39 is 0 Å². The summed E-state index contributed by atoms with van der Waals surface area (Å²) in [6.45, 7) is 2.78. The Bertz CT molecular complexity index is 809. The van der Waals surface area contributed by atoms with Gasteiger partial charge in [0.15, 0.2) is 0 Å². The van der Waals surface area contributed by atoms with Gasteiger partial charge in [-0.05, 0) is 31.2 Å². The van der Waals surface area contributed by atoms with Crippen molar-refractivity contribution in [1.29, 1.82) is 0 Å². The smallest absolute Gasteiger partial charge is 0.149 e. The molecule has 0 aliphatic carbocycles. The molecule has 21 heavy (non-hydrogen) atoms. The number of aryl methyl sites for hydroxylation is 1. The molecule has 0 fully saturated rings. The molecule has 0 atom stereocenters. The number of hydrogen-bond acceptors (Lipinski definition) is 4. The monoisotopic (exact) mass is 283 g/mol. The number of aromatic hydroxyl groups is 1. The first-order chi connectivity index (χ1) is 10.2. The van der Waals surface area contributed by atoms with Crippen LogP contribution in [-0.4, -0.2) is 21.8 Å². The summed E-state index contributed by atoms with van der Waals surface area (Å²) in [6, 6.07) is 11.0. The molecule has 0 saturated carbocycles. The maximum absolute atomic E-state index is 10.2. The van der Waals surface area contributed by atoms with Gasteiger partial charge >= 0.3 is 0 Å². The molecular weight excluding hydrogens is 266 g/mol. The van der Waals surface area contributed by atoms with Crippen LogP contribution in [0.25, 0.3) is 22.4 Å². The zero-order chi connectivity index (χ0) is 15.0. The Kier molecular flexibility index (Phi) is 3.17. The molecule has 3 N–H and O–H groups in total. The number of nitrogens with two attached hydrogens (primary N) is 1. The highest BCUT2D eigenvalue weighted by atomic mass is 16.5. The molecule has 3 aromatic rings. The summed E-state index contributed by atoms with van der Waals surface area (Å²) in [4.78, 5) is 4.63. The highest BCUT2D eigenvalue weighted by Gasteiger charge is 2.16. The third-order valence-corrected chi connectivity index (χ3v) is 3.58. The molecular formula is C16H17N3O2. The van der Waals surface area contributed by atoms with Crippen molar-refractivity contribution >= 4 is 16.7 Å². The number of phenols is 1. The second-order valence-corrected chi connectivity index (χ2v) is 4.78. The minimum absolute atomic E-state index is 0.0643. The van der Waals surface area contributed by atoms with Crippen molar-refractivity contribution in [3.63, 3.8) is 0 Å². The lowest BCUT2D eigenvalue weighted by atomic mass is 10.1. The maximum atomic E-state index is 10.2. The zero-order valence-corrected chi connectivity index (χ0v) is 12.0. The molecule has 108 valence electrons. The van der Waals surface area contributed by atoms with E-state index in [1.807, 2.05) is 41.8 Å². The van der Waals surface area contributed by atoms with Crippen LogP contribution in [0, 0.1) is 0 Å². The predicted molar refractivity (Wildman–Crippen MR) is 83.5 cm³/mol. The number of nitrogens with zero attached hydrogens (tertiary/aromatic N) is 2. The summed E-state index contributed by atoms with van der Waals surface area (Å²) in [5.41, 5.74) is 8.58. The number of para-hydroxylation sites is 1. The van der Waals surface area contributed by atoms with Crippen molar-refractivity contribution in [1.82, 2.24) is 9.55 Å². The van der Waals surface area contributed by atoms with Gasteiger partial charge < -0.3 is 20.1 Å². The van der Waals surface area contributed by atoms with E-state index in [1.54, 1.807) is 13.2 Å². The largest absolute Gasteiger partial charge is 0.505 e. The summed E-state index contributed by atoms with van der Waals surface area (Å²) in [5, 5.41) is 10.2. The SMILES string of the molecule is CCn1c(-c2cccc(N)c2O)nc2cc(OC)ccc21. The summed E-state index contributed by atoms with van der Waals surface area (Å²) in [6.07, 6.45) is 0. The van der Waals surface area contributed by atoms with Gasteiger partial charge in [-0.1, -0.05) is 6.07 Å². The number of rotatable bonds is 3. The number of imidazole rings is 1. The average Bonchev–Trinajstić information content (AvgIpc) is 2.87. The van der Waals surface area contributed by atoms with E-state index in [-0.39, 0.29) is 5.75 Å². The number of ether oxygens (including phenoxy) is 1. The van der Waals surface area contributed by atoms with Gasteiger partial charge in [-0.2, -0.15) is 0 Å². The third kappa shape index (κ3) is 2.07. The number of fused-ring (bicyclic) bond motifs is 1. The Balaban J connectivity index is 2.29. The highest BCUT2D eigenvalue weighted by molar-refractivity contribution is 5.84. The van der Waals surface area contributed by atoms with E-state index in [0.717, 1.165) is 23.3 Å². The zero-order valence-electron chi connectivity index (χ0n) is 12.0. The van der Waals surface area contributed by atoms with Crippen molar-refractivity contribution in [3.05, 3.63) is 36.4 Å². The van der Waals surface area contributed by atoms with Gasteiger partial charge in [0.25, 0.3) is 0 Å². The van der Waals surface area contributed by atoms with Crippen LogP contribution in [0.3, 0.4) is 0 Å². The van der Waals surface area contributed by atoms with E-state index in [4.69, 9.17) is 10.5 Å².